The molecule has 0 saturated carbocycles. The Morgan fingerprint density at radius 3 is 2.13 bits per heavy atom. The highest BCUT2D eigenvalue weighted by molar-refractivity contribution is 6.30. The average molecular weight is 445 g/mol. The molecule has 0 radical (unpaired) electrons. The van der Waals surface area contributed by atoms with Crippen LogP contribution in [0.5, 0.6) is 0 Å². The lowest BCUT2D eigenvalue weighted by Gasteiger charge is -2.13. The normalized spacial score (nSPS) is 12.0. The smallest absolute Gasteiger partial charge is 0.220 e. The van der Waals surface area contributed by atoms with Crippen LogP contribution in [0.2, 0.25) is 10.0 Å². The molecule has 156 valence electrons. The average Bonchev–Trinajstić information content (AvgIpc) is 3.18. The Morgan fingerprint density at radius 1 is 0.933 bits per heavy atom. The van der Waals surface area contributed by atoms with Gasteiger partial charge in [-0.2, -0.15) is 0 Å². The molecule has 1 aromatic heterocycles. The Bertz CT molecular complexity index is 998. The summed E-state index contributed by atoms with van der Waals surface area (Å²) in [7, 11) is 0. The van der Waals surface area contributed by atoms with E-state index in [0.717, 1.165) is 11.1 Å². The number of carbonyl (C=O) groups excluding carboxylic acids is 2. The fourth-order valence-electron chi connectivity index (χ4n) is 3.14. The van der Waals surface area contributed by atoms with Crippen molar-refractivity contribution in [1.29, 1.82) is 0 Å². The quantitative estimate of drug-likeness (QED) is 0.416. The van der Waals surface area contributed by atoms with E-state index in [4.69, 9.17) is 27.6 Å². The van der Waals surface area contributed by atoms with Gasteiger partial charge in [0.25, 0.3) is 0 Å². The van der Waals surface area contributed by atoms with E-state index in [2.05, 4.69) is 10.2 Å². The van der Waals surface area contributed by atoms with E-state index in [0.29, 0.717) is 47.5 Å². The molecule has 1 heterocycles. The molecule has 30 heavy (non-hydrogen) atoms. The first kappa shape index (κ1) is 22.2. The van der Waals surface area contributed by atoms with Gasteiger partial charge in [0, 0.05) is 41.6 Å². The molecule has 3 rings (SSSR count). The zero-order valence-electron chi connectivity index (χ0n) is 16.6. The van der Waals surface area contributed by atoms with Gasteiger partial charge in [0.15, 0.2) is 0 Å². The summed E-state index contributed by atoms with van der Waals surface area (Å²) in [6.07, 6.45) is 1.88. The largest absolute Gasteiger partial charge is 0.425 e. The molecule has 0 bridgehead atoms. The molecular weight excluding hydrogens is 423 g/mol. The predicted molar refractivity (Wildman–Crippen MR) is 116 cm³/mol. The van der Waals surface area contributed by atoms with Crippen molar-refractivity contribution in [3.8, 4) is 0 Å². The first-order valence-electron chi connectivity index (χ1n) is 9.71. The summed E-state index contributed by atoms with van der Waals surface area (Å²) < 4.78 is 5.79. The van der Waals surface area contributed by atoms with Crippen LogP contribution in [0, 0.1) is 0 Å². The number of aryl methyl sites for hydroxylation is 1. The van der Waals surface area contributed by atoms with Crippen LogP contribution in [0.15, 0.2) is 52.9 Å². The number of rotatable bonds is 10. The van der Waals surface area contributed by atoms with Gasteiger partial charge in [-0.25, -0.2) is 0 Å². The molecule has 0 unspecified atom stereocenters. The van der Waals surface area contributed by atoms with Crippen LogP contribution >= 0.6 is 23.2 Å². The Balaban J connectivity index is 1.74. The summed E-state index contributed by atoms with van der Waals surface area (Å²) in [4.78, 5) is 24.0. The van der Waals surface area contributed by atoms with Gasteiger partial charge < -0.3 is 9.21 Å². The molecule has 0 amide bonds. The van der Waals surface area contributed by atoms with E-state index in [-0.39, 0.29) is 23.9 Å². The van der Waals surface area contributed by atoms with Gasteiger partial charge in [0.2, 0.25) is 11.8 Å². The van der Waals surface area contributed by atoms with Crippen molar-refractivity contribution < 1.29 is 14.0 Å². The number of carbonyl (C=O) groups is 2. The third kappa shape index (κ3) is 6.78. The second kappa shape index (κ2) is 10.5. The Morgan fingerprint density at radius 2 is 1.53 bits per heavy atom. The van der Waals surface area contributed by atoms with E-state index in [9.17, 15) is 9.59 Å². The lowest BCUT2D eigenvalue weighted by atomic mass is 9.92. The molecule has 0 N–H and O–H groups in total. The highest BCUT2D eigenvalue weighted by atomic mass is 35.5. The molecule has 0 spiro atoms. The number of hydrogen-bond donors (Lipinski definition) is 0. The van der Waals surface area contributed by atoms with Gasteiger partial charge in [-0.05, 0) is 48.7 Å². The SMILES string of the molecule is CC(=O)CCc1nnc([C@@H](CC(=O)Cc2ccc(Cl)cc2)Cc2ccc(Cl)cc2)o1. The lowest BCUT2D eigenvalue weighted by Crippen LogP contribution is -2.12. The summed E-state index contributed by atoms with van der Waals surface area (Å²) >= 11 is 11.9. The van der Waals surface area contributed by atoms with Gasteiger partial charge >= 0.3 is 0 Å². The van der Waals surface area contributed by atoms with E-state index >= 15 is 0 Å². The number of benzene rings is 2. The van der Waals surface area contributed by atoms with E-state index in [1.165, 1.54) is 6.92 Å². The summed E-state index contributed by atoms with van der Waals surface area (Å²) in [5.41, 5.74) is 1.93. The topological polar surface area (TPSA) is 73.1 Å². The van der Waals surface area contributed by atoms with Crippen LogP contribution < -0.4 is 0 Å². The van der Waals surface area contributed by atoms with E-state index in [1.807, 2.05) is 36.4 Å². The van der Waals surface area contributed by atoms with Crippen LogP contribution in [0.1, 0.15) is 48.6 Å². The maximum Gasteiger partial charge on any atom is 0.220 e. The molecule has 0 saturated heterocycles. The lowest BCUT2D eigenvalue weighted by molar-refractivity contribution is -0.119. The number of aromatic nitrogens is 2. The first-order chi connectivity index (χ1) is 14.4. The van der Waals surface area contributed by atoms with Crippen molar-refractivity contribution in [3.05, 3.63) is 81.5 Å². The molecule has 5 nitrogen and oxygen atoms in total. The summed E-state index contributed by atoms with van der Waals surface area (Å²) in [5.74, 6) is 0.689. The summed E-state index contributed by atoms with van der Waals surface area (Å²) in [6, 6.07) is 14.7. The fraction of sp³-hybridized carbons (Fsp3) is 0.304. The van der Waals surface area contributed by atoms with Crippen molar-refractivity contribution in [3.63, 3.8) is 0 Å². The van der Waals surface area contributed by atoms with Gasteiger partial charge in [0.05, 0.1) is 0 Å². The minimum absolute atomic E-state index is 0.0607. The first-order valence-corrected chi connectivity index (χ1v) is 10.5. The van der Waals surface area contributed by atoms with Crippen LogP contribution in [-0.4, -0.2) is 21.8 Å². The van der Waals surface area contributed by atoms with Gasteiger partial charge in [-0.3, -0.25) is 4.79 Å². The molecule has 3 aromatic rings. The number of halogens is 2. The molecule has 2 aromatic carbocycles. The number of nitrogens with zero attached hydrogens (tertiary/aromatic N) is 2. The van der Waals surface area contributed by atoms with Crippen LogP contribution in [0.4, 0.5) is 0 Å². The number of ketones is 2. The molecule has 1 atom stereocenters. The Kier molecular flexibility index (Phi) is 7.77. The Labute approximate surface area is 185 Å². The highest BCUT2D eigenvalue weighted by Gasteiger charge is 2.23. The second-order valence-corrected chi connectivity index (χ2v) is 8.18. The van der Waals surface area contributed by atoms with Crippen molar-refractivity contribution in [2.24, 2.45) is 0 Å². The fourth-order valence-corrected chi connectivity index (χ4v) is 3.40. The van der Waals surface area contributed by atoms with Gasteiger partial charge in [-0.1, -0.05) is 47.5 Å². The van der Waals surface area contributed by atoms with Crippen molar-refractivity contribution >= 4 is 34.8 Å². The molecule has 0 aliphatic heterocycles. The van der Waals surface area contributed by atoms with Crippen molar-refractivity contribution in [2.75, 3.05) is 0 Å². The Hall–Kier alpha value is -2.50. The van der Waals surface area contributed by atoms with Gasteiger partial charge in [0.1, 0.15) is 11.6 Å². The third-order valence-electron chi connectivity index (χ3n) is 4.71. The maximum absolute atomic E-state index is 12.8. The third-order valence-corrected chi connectivity index (χ3v) is 5.21. The number of Topliss-reactive ketones (excluding diaryl/α,β-unsaturated/α-hetero) is 2. The second-order valence-electron chi connectivity index (χ2n) is 7.31. The van der Waals surface area contributed by atoms with E-state index < -0.39 is 0 Å². The minimum atomic E-state index is -0.260. The molecule has 0 aliphatic rings. The monoisotopic (exact) mass is 444 g/mol. The van der Waals surface area contributed by atoms with Gasteiger partial charge in [-0.15, -0.1) is 10.2 Å². The standard InChI is InChI=1S/C23H22Cl2N2O3/c1-15(28)2-11-22-26-27-23(30-22)18(12-16-3-7-19(24)8-4-16)14-21(29)13-17-5-9-20(25)10-6-17/h3-10,18H,2,11-14H2,1H3/t18-/m1/s1. The zero-order chi connectivity index (χ0) is 21.5. The predicted octanol–water partition coefficient (Wildman–Crippen LogP) is 5.43. The van der Waals surface area contributed by atoms with Crippen LogP contribution in [-0.2, 0) is 28.9 Å². The molecule has 0 fully saturated rings. The van der Waals surface area contributed by atoms with Crippen molar-refractivity contribution in [2.45, 2.75) is 44.9 Å². The van der Waals surface area contributed by atoms with Crippen LogP contribution in [0.25, 0.3) is 0 Å². The summed E-state index contributed by atoms with van der Waals surface area (Å²) in [5, 5.41) is 9.49. The highest BCUT2D eigenvalue weighted by Crippen LogP contribution is 2.26. The molecule has 7 heteroatoms. The molecule has 0 aliphatic carbocycles. The van der Waals surface area contributed by atoms with Crippen molar-refractivity contribution in [1.82, 2.24) is 10.2 Å². The maximum atomic E-state index is 12.8. The van der Waals surface area contributed by atoms with E-state index in [1.54, 1.807) is 12.1 Å². The zero-order valence-corrected chi connectivity index (χ0v) is 18.1. The number of hydrogen-bond acceptors (Lipinski definition) is 5. The minimum Gasteiger partial charge on any atom is -0.425 e. The molecular formula is C23H22Cl2N2O3. The summed E-state index contributed by atoms with van der Waals surface area (Å²) in [6.45, 7) is 1.52. The van der Waals surface area contributed by atoms with Crippen LogP contribution in [0.3, 0.4) is 0 Å².